The highest BCUT2D eigenvalue weighted by molar-refractivity contribution is 6.42. The van der Waals surface area contributed by atoms with Crippen LogP contribution in [0.5, 0.6) is 0 Å². The fourth-order valence-corrected chi connectivity index (χ4v) is 2.49. The molecule has 2 aromatic carbocycles. The van der Waals surface area contributed by atoms with Gasteiger partial charge in [-0.25, -0.2) is 0 Å². The molecule has 2 rings (SSSR count). The number of nitrogens with zero attached hydrogens (tertiary/aromatic N) is 1. The Kier molecular flexibility index (Phi) is 6.79. The summed E-state index contributed by atoms with van der Waals surface area (Å²) in [5.41, 5.74) is 0.0663. The molecule has 0 aromatic heterocycles. The number of benzene rings is 2. The van der Waals surface area contributed by atoms with Gasteiger partial charge in [-0.15, -0.1) is 0 Å². The molecule has 0 aliphatic rings. The Balaban J connectivity index is 1.88. The molecule has 2 amide bonds. The molecule has 2 aromatic rings. The fourth-order valence-electron chi connectivity index (χ4n) is 1.99. The summed E-state index contributed by atoms with van der Waals surface area (Å²) in [7, 11) is 0. The Morgan fingerprint density at radius 1 is 0.885 bits per heavy atom. The van der Waals surface area contributed by atoms with E-state index in [0.717, 1.165) is 6.07 Å². The molecule has 0 spiro atoms. The Bertz CT molecular complexity index is 874. The Morgan fingerprint density at radius 2 is 1.50 bits per heavy atom. The molecular formula is C16H12Cl3N3O4. The monoisotopic (exact) mass is 415 g/mol. The summed E-state index contributed by atoms with van der Waals surface area (Å²) in [4.78, 5) is 34.2. The van der Waals surface area contributed by atoms with Crippen molar-refractivity contribution < 1.29 is 14.5 Å². The van der Waals surface area contributed by atoms with Gasteiger partial charge in [-0.3, -0.25) is 19.7 Å². The summed E-state index contributed by atoms with van der Waals surface area (Å²) in [6.07, 6.45) is 0. The van der Waals surface area contributed by atoms with E-state index in [1.165, 1.54) is 30.3 Å². The number of non-ortho nitro benzene ring substituents is 1. The minimum Gasteiger partial charge on any atom is -0.350 e. The minimum atomic E-state index is -0.620. The second kappa shape index (κ2) is 8.84. The number of carbonyl (C=O) groups is 2. The molecule has 7 nitrogen and oxygen atoms in total. The minimum absolute atomic E-state index is 0.0170. The number of carbonyl (C=O) groups excluding carboxylic acids is 2. The van der Waals surface area contributed by atoms with Gasteiger partial charge in [0.1, 0.15) is 0 Å². The molecule has 0 fully saturated rings. The van der Waals surface area contributed by atoms with Crippen LogP contribution in [0.1, 0.15) is 20.7 Å². The standard InChI is InChI=1S/C16H12Cl3N3O4/c17-12-4-2-10(22(25)26)8-11(12)16(24)21-6-5-20-15(23)9-1-3-13(18)14(19)7-9/h1-4,7-8H,5-6H2,(H,20,23)(H,21,24). The van der Waals surface area contributed by atoms with Gasteiger partial charge < -0.3 is 10.6 Å². The molecule has 0 aliphatic carbocycles. The first-order chi connectivity index (χ1) is 12.3. The molecule has 26 heavy (non-hydrogen) atoms. The second-order valence-corrected chi connectivity index (χ2v) is 6.28. The van der Waals surface area contributed by atoms with Crippen molar-refractivity contribution in [3.8, 4) is 0 Å². The maximum atomic E-state index is 12.1. The maximum Gasteiger partial charge on any atom is 0.270 e. The average molecular weight is 417 g/mol. The number of nitrogens with one attached hydrogen (secondary N) is 2. The van der Waals surface area contributed by atoms with Crippen LogP contribution in [0.25, 0.3) is 0 Å². The SMILES string of the molecule is O=C(NCCNC(=O)c1cc([N+](=O)[O-])ccc1Cl)c1ccc(Cl)c(Cl)c1. The van der Waals surface area contributed by atoms with Gasteiger partial charge in [-0.2, -0.15) is 0 Å². The number of amides is 2. The number of nitro benzene ring substituents is 1. The average Bonchev–Trinajstić information content (AvgIpc) is 2.60. The van der Waals surface area contributed by atoms with Crippen molar-refractivity contribution in [3.05, 3.63) is 72.7 Å². The maximum absolute atomic E-state index is 12.1. The van der Waals surface area contributed by atoms with Crippen molar-refractivity contribution in [2.24, 2.45) is 0 Å². The normalized spacial score (nSPS) is 10.3. The van der Waals surface area contributed by atoms with Gasteiger partial charge in [0.25, 0.3) is 17.5 Å². The summed E-state index contributed by atoms with van der Waals surface area (Å²) in [5.74, 6) is -0.964. The lowest BCUT2D eigenvalue weighted by Gasteiger charge is -2.08. The van der Waals surface area contributed by atoms with E-state index in [-0.39, 0.29) is 40.3 Å². The van der Waals surface area contributed by atoms with Gasteiger partial charge in [0.15, 0.2) is 0 Å². The first-order valence-electron chi connectivity index (χ1n) is 7.25. The molecule has 0 heterocycles. The van der Waals surface area contributed by atoms with E-state index < -0.39 is 10.8 Å². The van der Waals surface area contributed by atoms with Crippen molar-refractivity contribution in [1.82, 2.24) is 10.6 Å². The molecule has 2 N–H and O–H groups in total. The number of halogens is 3. The third-order valence-electron chi connectivity index (χ3n) is 3.28. The van der Waals surface area contributed by atoms with E-state index in [4.69, 9.17) is 34.8 Å². The molecule has 0 bridgehead atoms. The van der Waals surface area contributed by atoms with Crippen molar-refractivity contribution >= 4 is 52.3 Å². The zero-order valence-corrected chi connectivity index (χ0v) is 15.4. The summed E-state index contributed by atoms with van der Waals surface area (Å²) >= 11 is 17.5. The van der Waals surface area contributed by atoms with Crippen LogP contribution in [0, 0.1) is 10.1 Å². The molecule has 0 atom stereocenters. The van der Waals surface area contributed by atoms with Crippen LogP contribution >= 0.6 is 34.8 Å². The largest absolute Gasteiger partial charge is 0.350 e. The molecule has 0 saturated carbocycles. The predicted octanol–water partition coefficient (Wildman–Crippen LogP) is 3.71. The smallest absolute Gasteiger partial charge is 0.270 e. The third kappa shape index (κ3) is 5.08. The van der Waals surface area contributed by atoms with Crippen LogP contribution in [0.4, 0.5) is 5.69 Å². The summed E-state index contributed by atoms with van der Waals surface area (Å²) in [6, 6.07) is 8.03. The van der Waals surface area contributed by atoms with E-state index in [1.807, 2.05) is 0 Å². The Morgan fingerprint density at radius 3 is 2.12 bits per heavy atom. The van der Waals surface area contributed by atoms with Gasteiger partial charge in [0.2, 0.25) is 0 Å². The van der Waals surface area contributed by atoms with Crippen LogP contribution in [-0.2, 0) is 0 Å². The van der Waals surface area contributed by atoms with Crippen molar-refractivity contribution in [2.45, 2.75) is 0 Å². The first-order valence-corrected chi connectivity index (χ1v) is 8.38. The van der Waals surface area contributed by atoms with Crippen molar-refractivity contribution in [3.63, 3.8) is 0 Å². The zero-order chi connectivity index (χ0) is 19.3. The molecular weight excluding hydrogens is 405 g/mol. The topological polar surface area (TPSA) is 101 Å². The van der Waals surface area contributed by atoms with Crippen LogP contribution in [0.15, 0.2) is 36.4 Å². The summed E-state index contributed by atoms with van der Waals surface area (Å²) in [5, 5.41) is 16.6. The number of rotatable bonds is 6. The van der Waals surface area contributed by atoms with Crippen LogP contribution < -0.4 is 10.6 Å². The third-order valence-corrected chi connectivity index (χ3v) is 4.35. The molecule has 0 radical (unpaired) electrons. The lowest BCUT2D eigenvalue weighted by Crippen LogP contribution is -2.34. The van der Waals surface area contributed by atoms with Crippen molar-refractivity contribution in [1.29, 1.82) is 0 Å². The number of nitro groups is 1. The van der Waals surface area contributed by atoms with Gasteiger partial charge in [0.05, 0.1) is 25.6 Å². The highest BCUT2D eigenvalue weighted by Gasteiger charge is 2.15. The van der Waals surface area contributed by atoms with E-state index in [1.54, 1.807) is 0 Å². The van der Waals surface area contributed by atoms with Gasteiger partial charge in [0, 0.05) is 30.8 Å². The molecule has 0 unspecified atom stereocenters. The van der Waals surface area contributed by atoms with E-state index in [2.05, 4.69) is 10.6 Å². The Labute approximate surface area is 163 Å². The van der Waals surface area contributed by atoms with Gasteiger partial charge >= 0.3 is 0 Å². The van der Waals surface area contributed by atoms with E-state index in [9.17, 15) is 19.7 Å². The highest BCUT2D eigenvalue weighted by atomic mass is 35.5. The second-order valence-electron chi connectivity index (χ2n) is 5.06. The molecule has 136 valence electrons. The lowest BCUT2D eigenvalue weighted by molar-refractivity contribution is -0.384. The number of hydrogen-bond donors (Lipinski definition) is 2. The molecule has 0 saturated heterocycles. The molecule has 0 aliphatic heterocycles. The van der Waals surface area contributed by atoms with Crippen LogP contribution in [0.2, 0.25) is 15.1 Å². The quantitative estimate of drug-likeness (QED) is 0.426. The van der Waals surface area contributed by atoms with Gasteiger partial charge in [-0.05, 0) is 24.3 Å². The Hall–Kier alpha value is -2.35. The van der Waals surface area contributed by atoms with Gasteiger partial charge in [-0.1, -0.05) is 34.8 Å². The van der Waals surface area contributed by atoms with Crippen LogP contribution in [-0.4, -0.2) is 29.8 Å². The zero-order valence-electron chi connectivity index (χ0n) is 13.1. The lowest BCUT2D eigenvalue weighted by atomic mass is 10.2. The fraction of sp³-hybridized carbons (Fsp3) is 0.125. The van der Waals surface area contributed by atoms with Crippen molar-refractivity contribution in [2.75, 3.05) is 13.1 Å². The summed E-state index contributed by atoms with van der Waals surface area (Å²) in [6.45, 7) is 0.238. The predicted molar refractivity (Wildman–Crippen MR) is 99.2 cm³/mol. The summed E-state index contributed by atoms with van der Waals surface area (Å²) < 4.78 is 0. The van der Waals surface area contributed by atoms with Crippen LogP contribution in [0.3, 0.4) is 0 Å². The first kappa shape index (κ1) is 20.0. The van der Waals surface area contributed by atoms with E-state index >= 15 is 0 Å². The van der Waals surface area contributed by atoms with E-state index in [0.29, 0.717) is 10.6 Å². The molecule has 10 heteroatoms. The highest BCUT2D eigenvalue weighted by Crippen LogP contribution is 2.23. The number of hydrogen-bond acceptors (Lipinski definition) is 4.